The molecule has 2 rings (SSSR count). The Morgan fingerprint density at radius 1 is 1.25 bits per heavy atom. The number of alkyl halides is 3. The molecule has 1 aromatic heterocycles. The second-order valence-corrected chi connectivity index (χ2v) is 3.41. The van der Waals surface area contributed by atoms with Gasteiger partial charge in [-0.2, -0.15) is 18.4 Å². The van der Waals surface area contributed by atoms with Crippen molar-refractivity contribution >= 4 is 10.9 Å². The second-order valence-electron chi connectivity index (χ2n) is 3.41. The minimum Gasteiger partial charge on any atom is -0.337 e. The van der Waals surface area contributed by atoms with Crippen molar-refractivity contribution in [1.82, 2.24) is 4.57 Å². The van der Waals surface area contributed by atoms with Gasteiger partial charge in [0.15, 0.2) is 0 Å². The molecule has 1 aromatic carbocycles. The minimum absolute atomic E-state index is 0.264. The number of fused-ring (bicyclic) bond motifs is 1. The molecule has 0 saturated carbocycles. The van der Waals surface area contributed by atoms with Gasteiger partial charge in [-0.15, -0.1) is 0 Å². The van der Waals surface area contributed by atoms with Gasteiger partial charge in [0, 0.05) is 17.1 Å². The molecule has 5 heteroatoms. The number of para-hydroxylation sites is 1. The number of aromatic nitrogens is 1. The highest BCUT2D eigenvalue weighted by Crippen LogP contribution is 2.25. The van der Waals surface area contributed by atoms with E-state index in [1.54, 1.807) is 24.3 Å². The molecular formula is C11H7F3N2. The lowest BCUT2D eigenvalue weighted by molar-refractivity contribution is -0.139. The third-order valence-corrected chi connectivity index (χ3v) is 2.26. The van der Waals surface area contributed by atoms with Gasteiger partial charge < -0.3 is 4.57 Å². The van der Waals surface area contributed by atoms with Gasteiger partial charge in [0.25, 0.3) is 0 Å². The molecule has 0 saturated heterocycles. The van der Waals surface area contributed by atoms with E-state index in [2.05, 4.69) is 0 Å². The molecule has 16 heavy (non-hydrogen) atoms. The summed E-state index contributed by atoms with van der Waals surface area (Å²) >= 11 is 0. The summed E-state index contributed by atoms with van der Waals surface area (Å²) in [4.78, 5) is 0. The quantitative estimate of drug-likeness (QED) is 0.731. The number of rotatable bonds is 1. The predicted octanol–water partition coefficient (Wildman–Crippen LogP) is 3.08. The first-order valence-electron chi connectivity index (χ1n) is 4.56. The monoisotopic (exact) mass is 224 g/mol. The smallest absolute Gasteiger partial charge is 0.337 e. The largest absolute Gasteiger partial charge is 0.406 e. The zero-order valence-corrected chi connectivity index (χ0v) is 8.12. The summed E-state index contributed by atoms with van der Waals surface area (Å²) in [5, 5.41) is 9.35. The fourth-order valence-corrected chi connectivity index (χ4v) is 1.66. The minimum atomic E-state index is -4.28. The van der Waals surface area contributed by atoms with Crippen LogP contribution >= 0.6 is 0 Å². The number of halogens is 3. The standard InChI is InChI=1S/C11H7F3N2/c12-11(13,14)7-16-6-8(5-15)9-3-1-2-4-10(9)16/h1-4,6H,7H2. The first-order valence-corrected chi connectivity index (χ1v) is 4.56. The van der Waals surface area contributed by atoms with E-state index < -0.39 is 12.7 Å². The number of nitrogens with zero attached hydrogens (tertiary/aromatic N) is 2. The Kier molecular flexibility index (Phi) is 2.35. The lowest BCUT2D eigenvalue weighted by Crippen LogP contribution is -2.16. The topological polar surface area (TPSA) is 28.7 Å². The van der Waals surface area contributed by atoms with Gasteiger partial charge in [0.05, 0.1) is 5.56 Å². The molecule has 2 nitrogen and oxygen atoms in total. The number of hydrogen-bond acceptors (Lipinski definition) is 1. The highest BCUT2D eigenvalue weighted by atomic mass is 19.4. The summed E-state index contributed by atoms with van der Waals surface area (Å²) in [6.45, 7) is -1.07. The molecule has 0 N–H and O–H groups in total. The Bertz CT molecular complexity index is 561. The lowest BCUT2D eigenvalue weighted by atomic mass is 10.2. The molecule has 0 radical (unpaired) electrons. The Morgan fingerprint density at radius 2 is 1.94 bits per heavy atom. The van der Waals surface area contributed by atoms with Crippen LogP contribution in [0.3, 0.4) is 0 Å². The van der Waals surface area contributed by atoms with Crippen molar-refractivity contribution in [2.45, 2.75) is 12.7 Å². The first-order chi connectivity index (χ1) is 7.51. The average molecular weight is 224 g/mol. The lowest BCUT2D eigenvalue weighted by Gasteiger charge is -2.08. The van der Waals surface area contributed by atoms with Crippen LogP contribution in [-0.2, 0) is 6.54 Å². The van der Waals surface area contributed by atoms with E-state index in [-0.39, 0.29) is 5.56 Å². The maximum atomic E-state index is 12.3. The third kappa shape index (κ3) is 1.87. The summed E-state index contributed by atoms with van der Waals surface area (Å²) in [6.07, 6.45) is -3.05. The van der Waals surface area contributed by atoms with E-state index in [0.29, 0.717) is 10.9 Å². The molecule has 0 aliphatic carbocycles. The average Bonchev–Trinajstić information content (AvgIpc) is 2.55. The van der Waals surface area contributed by atoms with E-state index in [0.717, 1.165) is 4.57 Å². The molecular weight excluding hydrogens is 217 g/mol. The van der Waals surface area contributed by atoms with Gasteiger partial charge >= 0.3 is 6.18 Å². The van der Waals surface area contributed by atoms with Crippen LogP contribution in [0.15, 0.2) is 30.5 Å². The number of benzene rings is 1. The number of hydrogen-bond donors (Lipinski definition) is 0. The van der Waals surface area contributed by atoms with Crippen molar-refractivity contribution in [1.29, 1.82) is 5.26 Å². The van der Waals surface area contributed by atoms with E-state index in [4.69, 9.17) is 5.26 Å². The molecule has 2 aromatic rings. The Labute approximate surface area is 89.5 Å². The summed E-state index contributed by atoms with van der Waals surface area (Å²) in [6, 6.07) is 8.44. The van der Waals surface area contributed by atoms with Crippen LogP contribution < -0.4 is 0 Å². The van der Waals surface area contributed by atoms with Crippen LogP contribution in [-0.4, -0.2) is 10.7 Å². The van der Waals surface area contributed by atoms with Gasteiger partial charge in [-0.05, 0) is 6.07 Å². The molecule has 0 spiro atoms. The summed E-state index contributed by atoms with van der Waals surface area (Å²) in [5.74, 6) is 0. The van der Waals surface area contributed by atoms with E-state index in [1.165, 1.54) is 6.20 Å². The molecule has 0 amide bonds. The van der Waals surface area contributed by atoms with Crippen molar-refractivity contribution in [2.24, 2.45) is 0 Å². The summed E-state index contributed by atoms with van der Waals surface area (Å²) in [5.41, 5.74) is 0.691. The molecule has 0 atom stereocenters. The molecule has 0 aliphatic rings. The van der Waals surface area contributed by atoms with Crippen LogP contribution in [0.5, 0.6) is 0 Å². The maximum absolute atomic E-state index is 12.3. The van der Waals surface area contributed by atoms with E-state index in [1.807, 2.05) is 6.07 Å². The fraction of sp³-hybridized carbons (Fsp3) is 0.182. The zero-order chi connectivity index (χ0) is 11.8. The normalized spacial score (nSPS) is 11.6. The fourth-order valence-electron chi connectivity index (χ4n) is 1.66. The first kappa shape index (κ1) is 10.6. The molecule has 0 bridgehead atoms. The van der Waals surface area contributed by atoms with E-state index in [9.17, 15) is 13.2 Å². The van der Waals surface area contributed by atoms with Gasteiger partial charge in [0.2, 0.25) is 0 Å². The Hall–Kier alpha value is -1.96. The highest BCUT2D eigenvalue weighted by Gasteiger charge is 2.28. The molecule has 82 valence electrons. The van der Waals surface area contributed by atoms with Gasteiger partial charge in [-0.1, -0.05) is 18.2 Å². The second kappa shape index (κ2) is 3.56. The number of nitriles is 1. The van der Waals surface area contributed by atoms with Gasteiger partial charge in [-0.3, -0.25) is 0 Å². The van der Waals surface area contributed by atoms with E-state index >= 15 is 0 Å². The van der Waals surface area contributed by atoms with Crippen molar-refractivity contribution in [3.63, 3.8) is 0 Å². The molecule has 0 fully saturated rings. The Morgan fingerprint density at radius 3 is 2.56 bits per heavy atom. The van der Waals surface area contributed by atoms with Gasteiger partial charge in [-0.25, -0.2) is 0 Å². The van der Waals surface area contributed by atoms with Crippen LogP contribution in [0.4, 0.5) is 13.2 Å². The van der Waals surface area contributed by atoms with Crippen molar-refractivity contribution in [3.8, 4) is 6.07 Å². The SMILES string of the molecule is N#Cc1cn(CC(F)(F)F)c2ccccc12. The Balaban J connectivity index is 2.59. The third-order valence-electron chi connectivity index (χ3n) is 2.26. The van der Waals surface area contributed by atoms with Crippen molar-refractivity contribution in [3.05, 3.63) is 36.0 Å². The highest BCUT2D eigenvalue weighted by molar-refractivity contribution is 5.86. The molecule has 0 unspecified atom stereocenters. The van der Waals surface area contributed by atoms with Gasteiger partial charge in [0.1, 0.15) is 12.6 Å². The van der Waals surface area contributed by atoms with Crippen LogP contribution in [0.1, 0.15) is 5.56 Å². The summed E-state index contributed by atoms with van der Waals surface area (Å²) in [7, 11) is 0. The predicted molar refractivity (Wildman–Crippen MR) is 52.7 cm³/mol. The molecule has 0 aliphatic heterocycles. The van der Waals surface area contributed by atoms with Crippen molar-refractivity contribution in [2.75, 3.05) is 0 Å². The van der Waals surface area contributed by atoms with Crippen LogP contribution in [0.25, 0.3) is 10.9 Å². The maximum Gasteiger partial charge on any atom is 0.406 e. The zero-order valence-electron chi connectivity index (χ0n) is 8.12. The summed E-state index contributed by atoms with van der Waals surface area (Å²) < 4.78 is 37.9. The van der Waals surface area contributed by atoms with Crippen LogP contribution in [0, 0.1) is 11.3 Å². The van der Waals surface area contributed by atoms with Crippen LogP contribution in [0.2, 0.25) is 0 Å². The van der Waals surface area contributed by atoms with Crippen molar-refractivity contribution < 1.29 is 13.2 Å². The molecule has 1 heterocycles.